The molecule has 0 bridgehead atoms. The highest BCUT2D eigenvalue weighted by Crippen LogP contribution is 2.41. The summed E-state index contributed by atoms with van der Waals surface area (Å²) in [5, 5.41) is 14.9. The van der Waals surface area contributed by atoms with Gasteiger partial charge in [-0.2, -0.15) is 5.06 Å². The first-order valence-corrected chi connectivity index (χ1v) is 12.2. The molecule has 1 fully saturated rings. The van der Waals surface area contributed by atoms with E-state index in [0.717, 1.165) is 39.9 Å². The van der Waals surface area contributed by atoms with E-state index in [4.69, 9.17) is 14.5 Å². The summed E-state index contributed by atoms with van der Waals surface area (Å²) >= 11 is 1.58. The van der Waals surface area contributed by atoms with E-state index in [0.29, 0.717) is 35.4 Å². The molecule has 0 atom stereocenters. The molecule has 4 aromatic rings. The molecular weight excluding hydrogens is 478 g/mol. The molecular formula is C26H25N5O4S. The zero-order valence-corrected chi connectivity index (χ0v) is 20.4. The lowest BCUT2D eigenvalue weighted by atomic mass is 10.1. The van der Waals surface area contributed by atoms with Gasteiger partial charge in [0.15, 0.2) is 5.13 Å². The van der Waals surface area contributed by atoms with Crippen LogP contribution in [0.3, 0.4) is 0 Å². The number of rotatable bonds is 6. The topological polar surface area (TPSA) is 100 Å². The molecule has 0 unspecified atom stereocenters. The number of urea groups is 1. The minimum absolute atomic E-state index is 0.334. The number of hydrogen-bond donors (Lipinski definition) is 2. The van der Waals surface area contributed by atoms with E-state index >= 15 is 0 Å². The second-order valence-electron chi connectivity index (χ2n) is 8.03. The van der Waals surface area contributed by atoms with E-state index in [-0.39, 0.29) is 0 Å². The number of morpholine rings is 1. The molecule has 0 aliphatic carbocycles. The van der Waals surface area contributed by atoms with Crippen molar-refractivity contribution in [1.82, 2.24) is 9.97 Å². The average Bonchev–Trinajstić information content (AvgIpc) is 3.40. The highest BCUT2D eigenvalue weighted by molar-refractivity contribution is 7.19. The van der Waals surface area contributed by atoms with Crippen molar-refractivity contribution in [1.29, 1.82) is 0 Å². The van der Waals surface area contributed by atoms with Gasteiger partial charge in [-0.25, -0.2) is 9.78 Å². The molecule has 36 heavy (non-hydrogen) atoms. The molecule has 1 aliphatic rings. The number of hydrogen-bond acceptors (Lipinski definition) is 8. The lowest BCUT2D eigenvalue weighted by Crippen LogP contribution is -2.36. The van der Waals surface area contributed by atoms with Gasteiger partial charge in [-0.1, -0.05) is 23.5 Å². The second kappa shape index (κ2) is 10.7. The Morgan fingerprint density at radius 3 is 2.56 bits per heavy atom. The molecule has 1 aliphatic heterocycles. The maximum Gasteiger partial charge on any atom is 0.350 e. The fourth-order valence-electron chi connectivity index (χ4n) is 3.85. The van der Waals surface area contributed by atoms with Crippen molar-refractivity contribution in [3.63, 3.8) is 0 Å². The summed E-state index contributed by atoms with van der Waals surface area (Å²) in [6.45, 7) is 2.88. The molecule has 2 amide bonds. The third-order valence-electron chi connectivity index (χ3n) is 5.74. The molecule has 5 rings (SSSR count). The van der Waals surface area contributed by atoms with Gasteiger partial charge < -0.3 is 19.7 Å². The van der Waals surface area contributed by atoms with Crippen molar-refractivity contribution in [2.45, 2.75) is 0 Å². The van der Waals surface area contributed by atoms with E-state index in [1.807, 2.05) is 18.2 Å². The molecule has 0 saturated carbocycles. The minimum Gasteiger partial charge on any atom is -0.497 e. The van der Waals surface area contributed by atoms with Crippen molar-refractivity contribution >= 4 is 33.9 Å². The van der Waals surface area contributed by atoms with Crippen molar-refractivity contribution in [2.24, 2.45) is 0 Å². The molecule has 3 heterocycles. The summed E-state index contributed by atoms with van der Waals surface area (Å²) in [6, 6.07) is 17.2. The molecule has 9 nitrogen and oxygen atoms in total. The first-order chi connectivity index (χ1) is 17.6. The standard InChI is InChI=1S/C26H25N5O4S/c1-34-22-7-5-20(6-8-22)28-25(32)31(33)21-4-2-3-19(17-21)24-23(18-9-11-27-12-10-18)29-26(36-24)30-13-15-35-16-14-30/h2-12,17,33H,13-16H2,1H3,(H,28,32). The molecule has 0 spiro atoms. The quantitative estimate of drug-likeness (QED) is 0.277. The van der Waals surface area contributed by atoms with Gasteiger partial charge in [0.1, 0.15) is 5.75 Å². The van der Waals surface area contributed by atoms with E-state index in [9.17, 15) is 10.0 Å². The zero-order valence-electron chi connectivity index (χ0n) is 19.6. The third-order valence-corrected chi connectivity index (χ3v) is 6.90. The normalized spacial score (nSPS) is 13.3. The fraction of sp³-hybridized carbons (Fsp3) is 0.192. The van der Waals surface area contributed by atoms with Crippen LogP contribution in [-0.4, -0.2) is 54.6 Å². The van der Waals surface area contributed by atoms with Gasteiger partial charge >= 0.3 is 6.03 Å². The Bertz CT molecular complexity index is 1320. The number of benzene rings is 2. The molecule has 0 radical (unpaired) electrons. The molecule has 10 heteroatoms. The van der Waals surface area contributed by atoms with E-state index in [2.05, 4.69) is 15.2 Å². The molecule has 2 aromatic heterocycles. The highest BCUT2D eigenvalue weighted by Gasteiger charge is 2.22. The van der Waals surface area contributed by atoms with Crippen LogP contribution in [0.4, 0.5) is 21.3 Å². The van der Waals surface area contributed by atoms with Crippen LogP contribution >= 0.6 is 11.3 Å². The summed E-state index contributed by atoms with van der Waals surface area (Å²) in [5.41, 5.74) is 3.48. The number of nitrogens with one attached hydrogen (secondary N) is 1. The second-order valence-corrected chi connectivity index (χ2v) is 9.01. The highest BCUT2D eigenvalue weighted by atomic mass is 32.1. The number of carbonyl (C=O) groups excluding carboxylic acids is 1. The summed E-state index contributed by atoms with van der Waals surface area (Å²) in [4.78, 5) is 24.9. The Morgan fingerprint density at radius 2 is 1.83 bits per heavy atom. The maximum atomic E-state index is 12.7. The van der Waals surface area contributed by atoms with E-state index in [1.165, 1.54) is 0 Å². The largest absolute Gasteiger partial charge is 0.497 e. The molecule has 184 valence electrons. The van der Waals surface area contributed by atoms with Gasteiger partial charge in [-0.15, -0.1) is 0 Å². The molecule has 1 saturated heterocycles. The molecule has 2 N–H and O–H groups in total. The predicted octanol–water partition coefficient (Wildman–Crippen LogP) is 5.15. The summed E-state index contributed by atoms with van der Waals surface area (Å²) in [7, 11) is 1.57. The lowest BCUT2D eigenvalue weighted by Gasteiger charge is -2.26. The molecule has 2 aromatic carbocycles. The van der Waals surface area contributed by atoms with Crippen molar-refractivity contribution in [3.8, 4) is 27.4 Å². The zero-order chi connectivity index (χ0) is 24.9. The first kappa shape index (κ1) is 23.7. The van der Waals surface area contributed by atoms with Crippen LogP contribution in [0.2, 0.25) is 0 Å². The number of thiazole rings is 1. The van der Waals surface area contributed by atoms with Crippen LogP contribution in [0.15, 0.2) is 73.1 Å². The number of ether oxygens (including phenoxy) is 2. The van der Waals surface area contributed by atoms with Gasteiger partial charge in [0, 0.05) is 36.7 Å². The first-order valence-electron chi connectivity index (χ1n) is 11.4. The van der Waals surface area contributed by atoms with Gasteiger partial charge in [0.05, 0.1) is 36.6 Å². The third kappa shape index (κ3) is 5.15. The van der Waals surface area contributed by atoms with Crippen molar-refractivity contribution in [3.05, 3.63) is 73.1 Å². The van der Waals surface area contributed by atoms with Crippen LogP contribution in [0, 0.1) is 0 Å². The SMILES string of the molecule is COc1ccc(NC(=O)N(O)c2cccc(-c3sc(N4CCOCC4)nc3-c3ccncc3)c2)cc1. The van der Waals surface area contributed by atoms with Crippen LogP contribution in [0.25, 0.3) is 21.7 Å². The fourth-order valence-corrected chi connectivity index (χ4v) is 4.98. The Balaban J connectivity index is 1.44. The number of methoxy groups -OCH3 is 1. The Labute approximate surface area is 212 Å². The summed E-state index contributed by atoms with van der Waals surface area (Å²) < 4.78 is 10.6. The van der Waals surface area contributed by atoms with Gasteiger partial charge in [-0.05, 0) is 54.1 Å². The lowest BCUT2D eigenvalue weighted by molar-refractivity contribution is 0.122. The Hall–Kier alpha value is -3.99. The van der Waals surface area contributed by atoms with Gasteiger partial charge in [0.25, 0.3) is 0 Å². The van der Waals surface area contributed by atoms with Crippen molar-refractivity contribution < 1.29 is 19.5 Å². The summed E-state index contributed by atoms with van der Waals surface area (Å²) in [5.74, 6) is 0.674. The Kier molecular flexibility index (Phi) is 7.08. The van der Waals surface area contributed by atoms with Crippen molar-refractivity contribution in [2.75, 3.05) is 48.7 Å². The van der Waals surface area contributed by atoms with Crippen LogP contribution < -0.4 is 20.0 Å². The number of amides is 2. The number of anilines is 3. The predicted molar refractivity (Wildman–Crippen MR) is 140 cm³/mol. The smallest absolute Gasteiger partial charge is 0.350 e. The Morgan fingerprint density at radius 1 is 1.08 bits per heavy atom. The monoisotopic (exact) mass is 503 g/mol. The van der Waals surface area contributed by atoms with Crippen LogP contribution in [0.5, 0.6) is 5.75 Å². The maximum absolute atomic E-state index is 12.7. The van der Waals surface area contributed by atoms with E-state index in [1.54, 1.807) is 73.3 Å². The minimum atomic E-state index is -0.676. The van der Waals surface area contributed by atoms with Crippen LogP contribution in [-0.2, 0) is 4.74 Å². The van der Waals surface area contributed by atoms with Crippen LogP contribution in [0.1, 0.15) is 0 Å². The number of nitrogens with zero attached hydrogens (tertiary/aromatic N) is 4. The number of aromatic nitrogens is 2. The van der Waals surface area contributed by atoms with E-state index < -0.39 is 6.03 Å². The number of carbonyl (C=O) groups is 1. The number of hydroxylamine groups is 1. The number of pyridine rings is 1. The summed E-state index contributed by atoms with van der Waals surface area (Å²) in [6.07, 6.45) is 3.48. The average molecular weight is 504 g/mol. The van der Waals surface area contributed by atoms with Gasteiger partial charge in [0.2, 0.25) is 0 Å². The van der Waals surface area contributed by atoms with Gasteiger partial charge in [-0.3, -0.25) is 10.2 Å².